The van der Waals surface area contributed by atoms with Gasteiger partial charge in [-0.05, 0) is 96.3 Å². The van der Waals surface area contributed by atoms with Crippen LogP contribution in [0.2, 0.25) is 0 Å². The summed E-state index contributed by atoms with van der Waals surface area (Å²) in [5.41, 5.74) is 0. The predicted octanol–water partition coefficient (Wildman–Crippen LogP) is 22.3. The molecule has 0 saturated carbocycles. The lowest BCUT2D eigenvalue weighted by Gasteiger charge is -2.18. The molecule has 0 rings (SSSR count). The molecule has 1 unspecified atom stereocenters. The van der Waals surface area contributed by atoms with Gasteiger partial charge in [-0.3, -0.25) is 14.4 Å². The van der Waals surface area contributed by atoms with Gasteiger partial charge in [0.1, 0.15) is 13.2 Å². The van der Waals surface area contributed by atoms with E-state index in [1.165, 1.54) is 186 Å². The molecule has 0 aromatic carbocycles. The van der Waals surface area contributed by atoms with Crippen LogP contribution in [0.3, 0.4) is 0 Å². The van der Waals surface area contributed by atoms with E-state index in [-0.39, 0.29) is 31.1 Å². The molecule has 0 spiro atoms. The van der Waals surface area contributed by atoms with Crippen LogP contribution in [0.4, 0.5) is 0 Å². The van der Waals surface area contributed by atoms with Crippen LogP contribution in [-0.2, 0) is 28.6 Å². The third-order valence-corrected chi connectivity index (χ3v) is 14.1. The molecule has 0 amide bonds. The second kappa shape index (κ2) is 64.1. The van der Waals surface area contributed by atoms with Crippen molar-refractivity contribution in [3.05, 3.63) is 85.1 Å². The molecule has 0 aliphatic rings. The zero-order chi connectivity index (χ0) is 55.0. The zero-order valence-electron chi connectivity index (χ0n) is 50.3. The number of unbranched alkanes of at least 4 members (excludes halogenated alkanes) is 34. The van der Waals surface area contributed by atoms with Gasteiger partial charge in [-0.15, -0.1) is 0 Å². The van der Waals surface area contributed by atoms with Gasteiger partial charge >= 0.3 is 17.9 Å². The van der Waals surface area contributed by atoms with E-state index in [0.29, 0.717) is 19.3 Å². The SMILES string of the molecule is CC/C=C\C/C=C\C/C=C\C/C=C\C/C=C\C/C=C\CCCCCCCCCCCCC(=O)OCC(COC(=O)CCCCCCCCCC)OC(=O)CCCCCCCCCCC/C=C\CCCCCCCCCC. The first-order chi connectivity index (χ1) is 37.5. The van der Waals surface area contributed by atoms with Gasteiger partial charge < -0.3 is 14.2 Å². The molecule has 0 aromatic rings. The first-order valence-corrected chi connectivity index (χ1v) is 32.6. The number of esters is 3. The lowest BCUT2D eigenvalue weighted by atomic mass is 10.0. The number of hydrogen-bond donors (Lipinski definition) is 0. The zero-order valence-corrected chi connectivity index (χ0v) is 50.3. The number of rotatable bonds is 59. The average Bonchev–Trinajstić information content (AvgIpc) is 3.42. The van der Waals surface area contributed by atoms with Crippen molar-refractivity contribution in [2.45, 2.75) is 329 Å². The van der Waals surface area contributed by atoms with Crippen LogP contribution in [0, 0.1) is 0 Å². The fraction of sp³-hybridized carbons (Fsp3) is 0.757. The van der Waals surface area contributed by atoms with Crippen LogP contribution in [0.25, 0.3) is 0 Å². The molecular weight excluding hydrogens is 937 g/mol. The maximum atomic E-state index is 12.9. The smallest absolute Gasteiger partial charge is 0.306 e. The first-order valence-electron chi connectivity index (χ1n) is 32.6. The van der Waals surface area contributed by atoms with Gasteiger partial charge in [0.05, 0.1) is 0 Å². The molecule has 76 heavy (non-hydrogen) atoms. The van der Waals surface area contributed by atoms with Crippen molar-refractivity contribution in [1.82, 2.24) is 0 Å². The summed E-state index contributed by atoms with van der Waals surface area (Å²) in [7, 11) is 0. The molecule has 0 radical (unpaired) electrons. The first kappa shape index (κ1) is 72.6. The summed E-state index contributed by atoms with van der Waals surface area (Å²) < 4.78 is 16.9. The van der Waals surface area contributed by atoms with Crippen LogP contribution in [0.15, 0.2) is 85.1 Å². The van der Waals surface area contributed by atoms with E-state index in [4.69, 9.17) is 14.2 Å². The van der Waals surface area contributed by atoms with Crippen molar-refractivity contribution in [1.29, 1.82) is 0 Å². The Morgan fingerprint density at radius 2 is 0.513 bits per heavy atom. The number of allylic oxidation sites excluding steroid dienone is 14. The van der Waals surface area contributed by atoms with E-state index in [0.717, 1.165) is 96.3 Å². The summed E-state index contributed by atoms with van der Waals surface area (Å²) in [5, 5.41) is 0. The van der Waals surface area contributed by atoms with Gasteiger partial charge in [-0.25, -0.2) is 0 Å². The fourth-order valence-electron chi connectivity index (χ4n) is 9.27. The van der Waals surface area contributed by atoms with Crippen LogP contribution in [0.1, 0.15) is 323 Å². The Balaban J connectivity index is 4.16. The Bertz CT molecular complexity index is 1450. The van der Waals surface area contributed by atoms with E-state index >= 15 is 0 Å². The van der Waals surface area contributed by atoms with E-state index in [1.807, 2.05) is 0 Å². The monoisotopic (exact) mass is 1060 g/mol. The standard InChI is InChI=1S/C70H122O6/c1-4-7-10-13-16-19-21-23-25-27-29-31-32-33-34-35-36-37-38-40-41-43-45-47-49-51-54-57-60-63-69(72)75-66-67(65-74-68(71)62-59-56-53-18-15-12-9-6-3)76-70(73)64-61-58-55-52-50-48-46-44-42-39-30-28-26-24-22-20-17-14-11-8-5-2/h7,10,16,19,23,25,28-31,33-34,36-37,67H,4-6,8-9,11-15,17-18,20-22,24,26-27,32,35,38-66H2,1-3H3/b10-7-,19-16-,25-23-,30-28-,31-29-,34-33-,37-36-. The van der Waals surface area contributed by atoms with Crippen molar-refractivity contribution in [2.75, 3.05) is 13.2 Å². The third-order valence-electron chi connectivity index (χ3n) is 14.1. The number of carbonyl (C=O) groups excluding carboxylic acids is 3. The summed E-state index contributed by atoms with van der Waals surface area (Å²) in [6, 6.07) is 0. The summed E-state index contributed by atoms with van der Waals surface area (Å²) >= 11 is 0. The van der Waals surface area contributed by atoms with Crippen molar-refractivity contribution in [3.8, 4) is 0 Å². The van der Waals surface area contributed by atoms with E-state index in [2.05, 4.69) is 106 Å². The Kier molecular flexibility index (Phi) is 61.2. The lowest BCUT2D eigenvalue weighted by Crippen LogP contribution is -2.30. The van der Waals surface area contributed by atoms with Crippen LogP contribution < -0.4 is 0 Å². The Morgan fingerprint density at radius 3 is 0.816 bits per heavy atom. The van der Waals surface area contributed by atoms with Crippen molar-refractivity contribution >= 4 is 17.9 Å². The minimum Gasteiger partial charge on any atom is -0.462 e. The lowest BCUT2D eigenvalue weighted by molar-refractivity contribution is -0.167. The van der Waals surface area contributed by atoms with Gasteiger partial charge in [0.15, 0.2) is 6.10 Å². The highest BCUT2D eigenvalue weighted by atomic mass is 16.6. The van der Waals surface area contributed by atoms with Gasteiger partial charge in [0.25, 0.3) is 0 Å². The number of hydrogen-bond acceptors (Lipinski definition) is 6. The summed E-state index contributed by atoms with van der Waals surface area (Å²) in [5.74, 6) is -0.874. The maximum Gasteiger partial charge on any atom is 0.306 e. The number of carbonyl (C=O) groups is 3. The summed E-state index contributed by atoms with van der Waals surface area (Å²) in [6.07, 6.45) is 84.7. The molecule has 0 aliphatic carbocycles. The third kappa shape index (κ3) is 61.4. The van der Waals surface area contributed by atoms with Gasteiger partial charge in [0, 0.05) is 19.3 Å². The Morgan fingerprint density at radius 1 is 0.276 bits per heavy atom. The molecule has 438 valence electrons. The molecular formula is C70H122O6. The minimum atomic E-state index is -0.777. The molecule has 6 nitrogen and oxygen atoms in total. The van der Waals surface area contributed by atoms with Gasteiger partial charge in [-0.1, -0.05) is 292 Å². The average molecular weight is 1060 g/mol. The van der Waals surface area contributed by atoms with Gasteiger partial charge in [0.2, 0.25) is 0 Å². The maximum absolute atomic E-state index is 12.9. The van der Waals surface area contributed by atoms with Crippen molar-refractivity contribution < 1.29 is 28.6 Å². The molecule has 0 saturated heterocycles. The molecule has 0 fully saturated rings. The quantitative estimate of drug-likeness (QED) is 0.0261. The van der Waals surface area contributed by atoms with Crippen LogP contribution in [0.5, 0.6) is 0 Å². The van der Waals surface area contributed by atoms with Crippen molar-refractivity contribution in [2.24, 2.45) is 0 Å². The van der Waals surface area contributed by atoms with E-state index in [1.54, 1.807) is 0 Å². The molecule has 0 aromatic heterocycles. The predicted molar refractivity (Wildman–Crippen MR) is 330 cm³/mol. The largest absolute Gasteiger partial charge is 0.462 e. The van der Waals surface area contributed by atoms with Gasteiger partial charge in [-0.2, -0.15) is 0 Å². The van der Waals surface area contributed by atoms with Crippen molar-refractivity contribution in [3.63, 3.8) is 0 Å². The molecule has 0 heterocycles. The van der Waals surface area contributed by atoms with E-state index in [9.17, 15) is 14.4 Å². The highest BCUT2D eigenvalue weighted by molar-refractivity contribution is 5.71. The Hall–Kier alpha value is -3.41. The molecule has 6 heteroatoms. The van der Waals surface area contributed by atoms with E-state index < -0.39 is 6.10 Å². The fourth-order valence-corrected chi connectivity index (χ4v) is 9.27. The minimum absolute atomic E-state index is 0.0755. The molecule has 1 atom stereocenters. The normalized spacial score (nSPS) is 12.6. The molecule has 0 bridgehead atoms. The van der Waals surface area contributed by atoms with Crippen LogP contribution in [-0.4, -0.2) is 37.2 Å². The highest BCUT2D eigenvalue weighted by Gasteiger charge is 2.19. The Labute approximate surface area is 471 Å². The topological polar surface area (TPSA) is 78.9 Å². The second-order valence-electron chi connectivity index (χ2n) is 21.6. The number of ether oxygens (including phenoxy) is 3. The molecule has 0 aliphatic heterocycles. The summed E-state index contributed by atoms with van der Waals surface area (Å²) in [6.45, 7) is 6.52. The highest BCUT2D eigenvalue weighted by Crippen LogP contribution is 2.16. The molecule has 0 N–H and O–H groups in total. The summed E-state index contributed by atoms with van der Waals surface area (Å²) in [4.78, 5) is 38.2. The second-order valence-corrected chi connectivity index (χ2v) is 21.6. The van der Waals surface area contributed by atoms with Crippen LogP contribution >= 0.6 is 0 Å².